The maximum atomic E-state index is 9.14. The fourth-order valence-electron chi connectivity index (χ4n) is 1.65. The number of aromatic nitrogens is 1. The fraction of sp³-hybridized carbons (Fsp3) is 0.167. The van der Waals surface area contributed by atoms with E-state index in [0.717, 1.165) is 16.8 Å². The molecular formula is C12H10N2OS. The molecule has 0 aliphatic carbocycles. The van der Waals surface area contributed by atoms with Gasteiger partial charge in [-0.05, 0) is 31.5 Å². The van der Waals surface area contributed by atoms with E-state index in [1.54, 1.807) is 12.3 Å². The van der Waals surface area contributed by atoms with Gasteiger partial charge in [0.05, 0.1) is 11.8 Å². The zero-order valence-corrected chi connectivity index (χ0v) is 9.81. The van der Waals surface area contributed by atoms with Gasteiger partial charge in [0.1, 0.15) is 16.5 Å². The highest BCUT2D eigenvalue weighted by molar-refractivity contribution is 7.71. The molecule has 80 valence electrons. The lowest BCUT2D eigenvalue weighted by Crippen LogP contribution is -1.96. The summed E-state index contributed by atoms with van der Waals surface area (Å²) in [6.45, 7) is 3.87. The maximum Gasteiger partial charge on any atom is 0.135 e. The van der Waals surface area contributed by atoms with Crippen molar-refractivity contribution in [3.8, 4) is 17.4 Å². The molecule has 1 N–H and O–H groups in total. The van der Waals surface area contributed by atoms with Gasteiger partial charge >= 0.3 is 0 Å². The lowest BCUT2D eigenvalue weighted by atomic mass is 10.0. The first kappa shape index (κ1) is 10.7. The van der Waals surface area contributed by atoms with Crippen molar-refractivity contribution in [2.75, 3.05) is 0 Å². The van der Waals surface area contributed by atoms with Crippen molar-refractivity contribution in [2.45, 2.75) is 13.8 Å². The molecule has 0 saturated carbocycles. The van der Waals surface area contributed by atoms with Gasteiger partial charge in [0.15, 0.2) is 0 Å². The molecule has 0 fully saturated rings. The summed E-state index contributed by atoms with van der Waals surface area (Å²) in [4.78, 5) is 3.01. The van der Waals surface area contributed by atoms with Crippen molar-refractivity contribution < 1.29 is 4.42 Å². The smallest absolute Gasteiger partial charge is 0.135 e. The normalized spacial score (nSPS) is 10.1. The van der Waals surface area contributed by atoms with Gasteiger partial charge < -0.3 is 9.40 Å². The third-order valence-corrected chi connectivity index (χ3v) is 2.90. The summed E-state index contributed by atoms with van der Waals surface area (Å²) >= 11 is 5.14. The van der Waals surface area contributed by atoms with Crippen LogP contribution in [-0.2, 0) is 0 Å². The van der Waals surface area contributed by atoms with E-state index in [1.807, 2.05) is 19.9 Å². The Bertz CT molecular complexity index is 618. The highest BCUT2D eigenvalue weighted by Crippen LogP contribution is 2.29. The van der Waals surface area contributed by atoms with E-state index in [2.05, 4.69) is 11.1 Å². The number of pyridine rings is 1. The van der Waals surface area contributed by atoms with Gasteiger partial charge in [0, 0.05) is 11.3 Å². The number of hydrogen-bond donors (Lipinski definition) is 1. The molecule has 0 atom stereocenters. The number of nitrogens with one attached hydrogen (secondary N) is 1. The summed E-state index contributed by atoms with van der Waals surface area (Å²) in [5.41, 5.74) is 3.19. The van der Waals surface area contributed by atoms with Crippen molar-refractivity contribution in [2.24, 2.45) is 0 Å². The van der Waals surface area contributed by atoms with E-state index in [1.165, 1.54) is 0 Å². The fourth-order valence-corrected chi connectivity index (χ4v) is 1.95. The van der Waals surface area contributed by atoms with Gasteiger partial charge in [-0.1, -0.05) is 12.2 Å². The SMILES string of the molecule is Cc1[nH]c(=S)c(C#N)c(-c2ccco2)c1C. The van der Waals surface area contributed by atoms with Crippen LogP contribution in [0.5, 0.6) is 0 Å². The Morgan fingerprint density at radius 2 is 2.19 bits per heavy atom. The molecular weight excluding hydrogens is 220 g/mol. The van der Waals surface area contributed by atoms with Crippen molar-refractivity contribution in [3.05, 3.63) is 39.9 Å². The number of nitrogens with zero attached hydrogens (tertiary/aromatic N) is 1. The number of aryl methyl sites for hydroxylation is 1. The van der Waals surface area contributed by atoms with Crippen molar-refractivity contribution >= 4 is 12.2 Å². The lowest BCUT2D eigenvalue weighted by Gasteiger charge is -2.08. The van der Waals surface area contributed by atoms with Gasteiger partial charge in [-0.15, -0.1) is 0 Å². The van der Waals surface area contributed by atoms with Crippen LogP contribution in [0, 0.1) is 29.8 Å². The zero-order chi connectivity index (χ0) is 11.7. The first-order valence-corrected chi connectivity index (χ1v) is 5.23. The minimum absolute atomic E-state index is 0.456. The van der Waals surface area contributed by atoms with Crippen LogP contribution >= 0.6 is 12.2 Å². The summed E-state index contributed by atoms with van der Waals surface area (Å²) in [7, 11) is 0. The molecule has 0 aromatic carbocycles. The number of furan rings is 1. The molecule has 2 aromatic rings. The summed E-state index contributed by atoms with van der Waals surface area (Å²) in [6.07, 6.45) is 1.59. The van der Waals surface area contributed by atoms with Crippen LogP contribution in [0.2, 0.25) is 0 Å². The standard InChI is InChI=1S/C12H10N2OS/c1-7-8(2)14-12(16)9(6-13)11(7)10-4-3-5-15-10/h3-5H,1-2H3,(H,14,16). The average molecular weight is 230 g/mol. The van der Waals surface area contributed by atoms with E-state index >= 15 is 0 Å². The molecule has 0 saturated heterocycles. The number of nitriles is 1. The molecule has 2 rings (SSSR count). The molecule has 0 radical (unpaired) electrons. The van der Waals surface area contributed by atoms with Crippen LogP contribution in [0.4, 0.5) is 0 Å². The van der Waals surface area contributed by atoms with Crippen LogP contribution in [0.3, 0.4) is 0 Å². The average Bonchev–Trinajstić information content (AvgIpc) is 2.76. The molecule has 2 aromatic heterocycles. The second kappa shape index (κ2) is 3.95. The predicted molar refractivity (Wildman–Crippen MR) is 63.5 cm³/mol. The highest BCUT2D eigenvalue weighted by Gasteiger charge is 2.14. The molecule has 0 unspecified atom stereocenters. The molecule has 2 heterocycles. The van der Waals surface area contributed by atoms with Gasteiger partial charge in [-0.25, -0.2) is 0 Å². The first-order chi connectivity index (χ1) is 7.65. The second-order valence-corrected chi connectivity index (χ2v) is 3.95. The van der Waals surface area contributed by atoms with Crippen LogP contribution in [0.25, 0.3) is 11.3 Å². The monoisotopic (exact) mass is 230 g/mol. The number of H-pyrrole nitrogens is 1. The van der Waals surface area contributed by atoms with Gasteiger partial charge in [0.2, 0.25) is 0 Å². The number of hydrogen-bond acceptors (Lipinski definition) is 3. The Morgan fingerprint density at radius 1 is 1.44 bits per heavy atom. The summed E-state index contributed by atoms with van der Waals surface area (Å²) in [5, 5.41) is 9.14. The Balaban J connectivity index is 2.88. The van der Waals surface area contributed by atoms with E-state index in [4.69, 9.17) is 21.9 Å². The Hall–Kier alpha value is -1.86. The van der Waals surface area contributed by atoms with E-state index in [9.17, 15) is 0 Å². The van der Waals surface area contributed by atoms with Gasteiger partial charge in [-0.3, -0.25) is 0 Å². The van der Waals surface area contributed by atoms with Gasteiger partial charge in [-0.2, -0.15) is 5.26 Å². The topological polar surface area (TPSA) is 52.7 Å². The number of rotatable bonds is 1. The minimum Gasteiger partial charge on any atom is -0.464 e. The first-order valence-electron chi connectivity index (χ1n) is 4.82. The van der Waals surface area contributed by atoms with Crippen LogP contribution < -0.4 is 0 Å². The maximum absolute atomic E-state index is 9.14. The quantitative estimate of drug-likeness (QED) is 0.763. The highest BCUT2D eigenvalue weighted by atomic mass is 32.1. The Morgan fingerprint density at radius 3 is 2.75 bits per heavy atom. The molecule has 0 aliphatic heterocycles. The van der Waals surface area contributed by atoms with E-state index in [0.29, 0.717) is 16.0 Å². The predicted octanol–water partition coefficient (Wildman–Crippen LogP) is 3.49. The molecule has 3 nitrogen and oxygen atoms in total. The molecule has 0 spiro atoms. The Kier molecular flexibility index (Phi) is 2.63. The van der Waals surface area contributed by atoms with Crippen molar-refractivity contribution in [1.29, 1.82) is 5.26 Å². The lowest BCUT2D eigenvalue weighted by molar-refractivity contribution is 0.581. The van der Waals surface area contributed by atoms with Crippen LogP contribution in [0.15, 0.2) is 22.8 Å². The summed E-state index contributed by atoms with van der Waals surface area (Å²) < 4.78 is 5.80. The van der Waals surface area contributed by atoms with Crippen LogP contribution in [-0.4, -0.2) is 4.98 Å². The van der Waals surface area contributed by atoms with Crippen LogP contribution in [0.1, 0.15) is 16.8 Å². The van der Waals surface area contributed by atoms with Crippen molar-refractivity contribution in [3.63, 3.8) is 0 Å². The third kappa shape index (κ3) is 1.55. The molecule has 0 bridgehead atoms. The summed E-state index contributed by atoms with van der Waals surface area (Å²) in [6, 6.07) is 5.75. The zero-order valence-electron chi connectivity index (χ0n) is 9.00. The van der Waals surface area contributed by atoms with E-state index in [-0.39, 0.29) is 0 Å². The molecule has 0 aliphatic rings. The second-order valence-electron chi connectivity index (χ2n) is 3.54. The number of aromatic amines is 1. The molecule has 16 heavy (non-hydrogen) atoms. The molecule has 4 heteroatoms. The van der Waals surface area contributed by atoms with Gasteiger partial charge in [0.25, 0.3) is 0 Å². The Labute approximate surface area is 98.3 Å². The minimum atomic E-state index is 0.456. The summed E-state index contributed by atoms with van der Waals surface area (Å²) in [5.74, 6) is 0.678. The third-order valence-electron chi connectivity index (χ3n) is 2.59. The van der Waals surface area contributed by atoms with E-state index < -0.39 is 0 Å². The largest absolute Gasteiger partial charge is 0.464 e. The molecule has 0 amide bonds. The van der Waals surface area contributed by atoms with Crippen molar-refractivity contribution in [1.82, 2.24) is 4.98 Å².